The minimum absolute atomic E-state index is 0.0288. The second kappa shape index (κ2) is 15.7. The van der Waals surface area contributed by atoms with Crippen LogP contribution in [0.2, 0.25) is 0 Å². The summed E-state index contributed by atoms with van der Waals surface area (Å²) in [5.41, 5.74) is 2.84. The van der Waals surface area contributed by atoms with Gasteiger partial charge in [-0.2, -0.15) is 0 Å². The van der Waals surface area contributed by atoms with E-state index in [0.717, 1.165) is 32.8 Å². The third-order valence-corrected chi connectivity index (χ3v) is 8.77. The van der Waals surface area contributed by atoms with Gasteiger partial charge in [-0.05, 0) is 74.2 Å². The van der Waals surface area contributed by atoms with Gasteiger partial charge in [0.25, 0.3) is 0 Å². The van der Waals surface area contributed by atoms with Crippen LogP contribution < -0.4 is 4.74 Å². The highest BCUT2D eigenvalue weighted by Gasteiger charge is 2.22. The van der Waals surface area contributed by atoms with E-state index in [2.05, 4.69) is 9.97 Å². The van der Waals surface area contributed by atoms with Crippen LogP contribution in [-0.2, 0) is 28.9 Å². The molecule has 1 amide bonds. The average molecular weight is 702 g/mol. The van der Waals surface area contributed by atoms with Crippen LogP contribution in [0.1, 0.15) is 57.2 Å². The summed E-state index contributed by atoms with van der Waals surface area (Å²) in [6.07, 6.45) is 4.14. The molecule has 0 aliphatic heterocycles. The summed E-state index contributed by atoms with van der Waals surface area (Å²) in [6.45, 7) is 8.52. The van der Waals surface area contributed by atoms with Crippen molar-refractivity contribution in [3.05, 3.63) is 107 Å². The quantitative estimate of drug-likeness (QED) is 0.113. The second-order valence-electron chi connectivity index (χ2n) is 12.7. The average Bonchev–Trinajstić information content (AvgIpc) is 3.48. The third-order valence-electron chi connectivity index (χ3n) is 7.32. The molecular weight excluding hydrogens is 665 g/mol. The molecule has 0 aliphatic carbocycles. The third kappa shape index (κ3) is 9.96. The highest BCUT2D eigenvalue weighted by Crippen LogP contribution is 2.39. The molecule has 11 heteroatoms. The first-order valence-electron chi connectivity index (χ1n) is 15.9. The number of carbonyl (C=O) groups is 2. The lowest BCUT2D eigenvalue weighted by Crippen LogP contribution is -2.36. The number of rotatable bonds is 13. The van der Waals surface area contributed by atoms with E-state index in [1.165, 1.54) is 29.5 Å². The Labute approximate surface area is 293 Å². The molecule has 49 heavy (non-hydrogen) atoms. The standard InChI is InChI=1S/C38H37F2N3O4S2/c1-5-16-43(37(45)47-38(2,3)4)23-25-8-13-32(42-22-25)35-21-33-36(49-35)34(14-15-41-33)46-29-12-9-26(31(40)20-29)18-30(48)19-28(44)17-24-6-10-27(39)11-7-24/h6-15,20-22H,5,16-19,23H2,1-4H3. The molecule has 254 valence electrons. The van der Waals surface area contributed by atoms with Crippen molar-refractivity contribution in [2.75, 3.05) is 6.54 Å². The first-order chi connectivity index (χ1) is 23.4. The van der Waals surface area contributed by atoms with Crippen molar-refractivity contribution >= 4 is 50.5 Å². The molecule has 0 radical (unpaired) electrons. The summed E-state index contributed by atoms with van der Waals surface area (Å²) in [6, 6.07) is 17.8. The predicted octanol–water partition coefficient (Wildman–Crippen LogP) is 9.69. The van der Waals surface area contributed by atoms with Gasteiger partial charge in [-0.3, -0.25) is 14.8 Å². The fraction of sp³-hybridized carbons (Fsp3) is 0.289. The van der Waals surface area contributed by atoms with Crippen LogP contribution in [0.3, 0.4) is 0 Å². The smallest absolute Gasteiger partial charge is 0.410 e. The van der Waals surface area contributed by atoms with Gasteiger partial charge in [0.05, 0.1) is 27.3 Å². The number of Topliss-reactive ketones (excluding diaryl/α,β-unsaturated/α-hetero) is 1. The van der Waals surface area contributed by atoms with E-state index in [9.17, 15) is 14.0 Å². The summed E-state index contributed by atoms with van der Waals surface area (Å²) in [5.74, 6) is -0.130. The number of pyridine rings is 2. The molecule has 0 atom stereocenters. The van der Waals surface area contributed by atoms with Gasteiger partial charge in [0.15, 0.2) is 0 Å². The number of amides is 1. The molecule has 0 saturated heterocycles. The van der Waals surface area contributed by atoms with Crippen molar-refractivity contribution in [3.63, 3.8) is 0 Å². The Hall–Kier alpha value is -4.61. The summed E-state index contributed by atoms with van der Waals surface area (Å²) < 4.78 is 40.7. The number of ketones is 1. The number of hydrogen-bond acceptors (Lipinski definition) is 8. The summed E-state index contributed by atoms with van der Waals surface area (Å²) in [5, 5.41) is 0. The lowest BCUT2D eigenvalue weighted by atomic mass is 10.0. The fourth-order valence-corrected chi connectivity index (χ4v) is 6.44. The number of fused-ring (bicyclic) bond motifs is 1. The van der Waals surface area contributed by atoms with Crippen molar-refractivity contribution in [2.24, 2.45) is 0 Å². The zero-order chi connectivity index (χ0) is 35.1. The van der Waals surface area contributed by atoms with Gasteiger partial charge in [0.1, 0.15) is 34.5 Å². The van der Waals surface area contributed by atoms with Crippen molar-refractivity contribution in [2.45, 2.75) is 65.5 Å². The number of ether oxygens (including phenoxy) is 2. The monoisotopic (exact) mass is 701 g/mol. The molecule has 0 unspecified atom stereocenters. The van der Waals surface area contributed by atoms with Crippen LogP contribution in [0.25, 0.3) is 20.8 Å². The number of thiocarbonyl (C=S) groups is 1. The minimum atomic E-state index is -0.577. The second-order valence-corrected chi connectivity index (χ2v) is 14.3. The van der Waals surface area contributed by atoms with Gasteiger partial charge < -0.3 is 14.4 Å². The van der Waals surface area contributed by atoms with Gasteiger partial charge in [-0.25, -0.2) is 13.6 Å². The first-order valence-corrected chi connectivity index (χ1v) is 17.1. The first kappa shape index (κ1) is 35.7. The van der Waals surface area contributed by atoms with Crippen LogP contribution in [0, 0.1) is 11.6 Å². The molecule has 5 rings (SSSR count). The van der Waals surface area contributed by atoms with Crippen LogP contribution in [-0.4, -0.2) is 43.8 Å². The molecule has 0 saturated carbocycles. The van der Waals surface area contributed by atoms with Crippen molar-refractivity contribution in [1.29, 1.82) is 0 Å². The highest BCUT2D eigenvalue weighted by atomic mass is 32.1. The Morgan fingerprint density at radius 2 is 1.69 bits per heavy atom. The number of benzene rings is 2. The van der Waals surface area contributed by atoms with E-state index in [1.54, 1.807) is 47.6 Å². The Balaban J connectivity index is 1.23. The van der Waals surface area contributed by atoms with Crippen LogP contribution in [0.5, 0.6) is 11.5 Å². The largest absolute Gasteiger partial charge is 0.456 e. The molecule has 0 fully saturated rings. The van der Waals surface area contributed by atoms with Gasteiger partial charge in [-0.1, -0.05) is 43.4 Å². The molecule has 0 aliphatic rings. The number of aromatic nitrogens is 2. The Kier molecular flexibility index (Phi) is 11.5. The van der Waals surface area contributed by atoms with Crippen molar-refractivity contribution < 1.29 is 27.8 Å². The summed E-state index contributed by atoms with van der Waals surface area (Å²) in [4.78, 5) is 37.3. The van der Waals surface area contributed by atoms with Crippen molar-refractivity contribution in [1.82, 2.24) is 14.9 Å². The van der Waals surface area contributed by atoms with E-state index in [0.29, 0.717) is 40.6 Å². The molecule has 2 aromatic carbocycles. The molecule has 0 bridgehead atoms. The van der Waals surface area contributed by atoms with E-state index < -0.39 is 11.4 Å². The minimum Gasteiger partial charge on any atom is -0.456 e. The number of carbonyl (C=O) groups excluding carboxylic acids is 2. The number of halogens is 2. The Morgan fingerprint density at radius 3 is 2.37 bits per heavy atom. The lowest BCUT2D eigenvalue weighted by molar-refractivity contribution is -0.117. The van der Waals surface area contributed by atoms with E-state index >= 15 is 4.39 Å². The van der Waals surface area contributed by atoms with Crippen LogP contribution >= 0.6 is 23.6 Å². The summed E-state index contributed by atoms with van der Waals surface area (Å²) >= 11 is 6.86. The molecule has 0 spiro atoms. The normalized spacial score (nSPS) is 11.4. The van der Waals surface area contributed by atoms with Crippen molar-refractivity contribution in [3.8, 4) is 22.1 Å². The maximum absolute atomic E-state index is 15.1. The summed E-state index contributed by atoms with van der Waals surface area (Å²) in [7, 11) is 0. The molecule has 7 nitrogen and oxygen atoms in total. The van der Waals surface area contributed by atoms with Gasteiger partial charge in [-0.15, -0.1) is 11.3 Å². The highest BCUT2D eigenvalue weighted by molar-refractivity contribution is 7.80. The Bertz CT molecular complexity index is 1960. The predicted molar refractivity (Wildman–Crippen MR) is 192 cm³/mol. The van der Waals surface area contributed by atoms with Crippen LogP contribution in [0.15, 0.2) is 79.1 Å². The van der Waals surface area contributed by atoms with Crippen LogP contribution in [0.4, 0.5) is 13.6 Å². The van der Waals surface area contributed by atoms with E-state index in [1.807, 2.05) is 45.9 Å². The maximum atomic E-state index is 15.1. The molecule has 0 N–H and O–H groups in total. The lowest BCUT2D eigenvalue weighted by Gasteiger charge is -2.27. The SMILES string of the molecule is CCCN(Cc1ccc(-c2cc3nccc(Oc4ccc(CC(=S)CC(=O)Cc5ccc(F)cc5)c(F)c4)c3s2)nc1)C(=O)OC(C)(C)C. The topological polar surface area (TPSA) is 81.6 Å². The zero-order valence-electron chi connectivity index (χ0n) is 27.8. The molecule has 5 aromatic rings. The fourth-order valence-electron chi connectivity index (χ4n) is 5.09. The van der Waals surface area contributed by atoms with E-state index in [4.69, 9.17) is 21.7 Å². The molecular formula is C38H37F2N3O4S2. The number of nitrogens with zero attached hydrogens (tertiary/aromatic N) is 3. The number of hydrogen-bond donors (Lipinski definition) is 0. The van der Waals surface area contributed by atoms with Gasteiger partial charge in [0.2, 0.25) is 0 Å². The Morgan fingerprint density at radius 1 is 0.939 bits per heavy atom. The van der Waals surface area contributed by atoms with Gasteiger partial charge in [0, 0.05) is 55.2 Å². The molecule has 3 heterocycles. The molecule has 3 aromatic heterocycles. The zero-order valence-corrected chi connectivity index (χ0v) is 29.4. The van der Waals surface area contributed by atoms with Gasteiger partial charge >= 0.3 is 6.09 Å². The number of thiophene rings is 1. The van der Waals surface area contributed by atoms with E-state index in [-0.39, 0.29) is 37.0 Å². The maximum Gasteiger partial charge on any atom is 0.410 e.